The van der Waals surface area contributed by atoms with Crippen LogP contribution in [0.5, 0.6) is 0 Å². The Bertz CT molecular complexity index is 370. The summed E-state index contributed by atoms with van der Waals surface area (Å²) in [5, 5.41) is 2.03. The first-order valence-electron chi connectivity index (χ1n) is 6.16. The second-order valence-electron chi connectivity index (χ2n) is 5.41. The van der Waals surface area contributed by atoms with Crippen LogP contribution in [0.1, 0.15) is 48.3 Å². The molecule has 0 N–H and O–H groups in total. The largest absolute Gasteiger partial charge is 0.293 e. The third-order valence-electron chi connectivity index (χ3n) is 3.64. The monoisotopic (exact) mass is 236 g/mol. The summed E-state index contributed by atoms with van der Waals surface area (Å²) in [5.74, 6) is 2.08. The summed E-state index contributed by atoms with van der Waals surface area (Å²) in [6.07, 6.45) is 3.45. The quantitative estimate of drug-likeness (QED) is 0.699. The van der Waals surface area contributed by atoms with Crippen LogP contribution in [0.15, 0.2) is 11.4 Å². The Morgan fingerprint density at radius 3 is 2.38 bits per heavy atom. The first-order chi connectivity index (χ1) is 7.58. The van der Waals surface area contributed by atoms with Crippen molar-refractivity contribution in [1.82, 2.24) is 0 Å². The Kier molecular flexibility index (Phi) is 3.48. The zero-order valence-electron chi connectivity index (χ0n) is 10.3. The normalized spacial score (nSPS) is 30.3. The first kappa shape index (κ1) is 11.8. The lowest BCUT2D eigenvalue weighted by Gasteiger charge is -2.30. The number of aryl methyl sites for hydroxylation is 1. The van der Waals surface area contributed by atoms with Crippen molar-refractivity contribution >= 4 is 17.1 Å². The highest BCUT2D eigenvalue weighted by molar-refractivity contribution is 7.12. The van der Waals surface area contributed by atoms with Crippen LogP contribution in [0.3, 0.4) is 0 Å². The predicted octanol–water partition coefficient (Wildman–Crippen LogP) is 4.31. The lowest BCUT2D eigenvalue weighted by atomic mass is 9.74. The number of rotatable bonds is 2. The van der Waals surface area contributed by atoms with Gasteiger partial charge in [-0.25, -0.2) is 0 Å². The van der Waals surface area contributed by atoms with Crippen LogP contribution in [0, 0.1) is 24.7 Å². The van der Waals surface area contributed by atoms with Crippen LogP contribution in [-0.4, -0.2) is 5.78 Å². The van der Waals surface area contributed by atoms with Crippen LogP contribution in [0.25, 0.3) is 0 Å². The molecule has 2 heteroatoms. The summed E-state index contributed by atoms with van der Waals surface area (Å²) < 4.78 is 0. The van der Waals surface area contributed by atoms with Crippen LogP contribution < -0.4 is 0 Å². The summed E-state index contributed by atoms with van der Waals surface area (Å²) in [7, 11) is 0. The van der Waals surface area contributed by atoms with E-state index in [9.17, 15) is 4.79 Å². The second-order valence-corrected chi connectivity index (χ2v) is 6.33. The molecule has 0 spiro atoms. The number of hydrogen-bond acceptors (Lipinski definition) is 2. The smallest absolute Gasteiger partial charge is 0.176 e. The Morgan fingerprint density at radius 2 is 1.88 bits per heavy atom. The maximum absolute atomic E-state index is 12.4. The molecule has 0 aromatic carbocycles. The standard InChI is InChI=1S/C14H20OS/c1-9-6-10(2)8-12(7-9)13(15)14-11(3)4-5-16-14/h4-5,9-10,12H,6-8H2,1-3H3. The maximum atomic E-state index is 12.4. The van der Waals surface area contributed by atoms with Gasteiger partial charge in [-0.3, -0.25) is 4.79 Å². The fourth-order valence-corrected chi connectivity index (χ4v) is 3.92. The van der Waals surface area contributed by atoms with Crippen molar-refractivity contribution in [2.45, 2.75) is 40.0 Å². The minimum Gasteiger partial charge on any atom is -0.293 e. The average molecular weight is 236 g/mol. The molecule has 1 aliphatic carbocycles. The number of ketones is 1. The molecule has 1 heterocycles. The number of thiophene rings is 1. The molecule has 1 aromatic heterocycles. The Hall–Kier alpha value is -0.630. The first-order valence-corrected chi connectivity index (χ1v) is 7.04. The van der Waals surface area contributed by atoms with Gasteiger partial charge in [0.25, 0.3) is 0 Å². The summed E-state index contributed by atoms with van der Waals surface area (Å²) in [6, 6.07) is 2.05. The molecular weight excluding hydrogens is 216 g/mol. The molecule has 0 saturated heterocycles. The molecule has 0 bridgehead atoms. The SMILES string of the molecule is Cc1ccsc1C(=O)C1CC(C)CC(C)C1. The van der Waals surface area contributed by atoms with E-state index in [2.05, 4.69) is 13.8 Å². The molecule has 1 aliphatic rings. The molecule has 2 rings (SSSR count). The topological polar surface area (TPSA) is 17.1 Å². The fraction of sp³-hybridized carbons (Fsp3) is 0.643. The number of carbonyl (C=O) groups is 1. The van der Waals surface area contributed by atoms with E-state index in [1.54, 1.807) is 11.3 Å². The van der Waals surface area contributed by atoms with Crippen molar-refractivity contribution in [3.05, 3.63) is 21.9 Å². The van der Waals surface area contributed by atoms with Crippen LogP contribution in [0.2, 0.25) is 0 Å². The van der Waals surface area contributed by atoms with E-state index in [0.717, 1.165) is 23.3 Å². The summed E-state index contributed by atoms with van der Waals surface area (Å²) in [6.45, 7) is 6.59. The molecule has 0 radical (unpaired) electrons. The van der Waals surface area contributed by atoms with Crippen molar-refractivity contribution in [2.75, 3.05) is 0 Å². The van der Waals surface area contributed by atoms with Gasteiger partial charge in [0.2, 0.25) is 0 Å². The highest BCUT2D eigenvalue weighted by Gasteiger charge is 2.30. The second kappa shape index (κ2) is 4.70. The fourth-order valence-electron chi connectivity index (χ4n) is 2.97. The van der Waals surface area contributed by atoms with Crippen LogP contribution in [0.4, 0.5) is 0 Å². The van der Waals surface area contributed by atoms with Gasteiger partial charge in [0.15, 0.2) is 5.78 Å². The molecule has 1 aromatic rings. The minimum atomic E-state index is 0.274. The molecule has 2 unspecified atom stereocenters. The zero-order chi connectivity index (χ0) is 11.7. The van der Waals surface area contributed by atoms with Crippen molar-refractivity contribution in [3.63, 3.8) is 0 Å². The molecule has 1 saturated carbocycles. The van der Waals surface area contributed by atoms with E-state index in [0.29, 0.717) is 17.6 Å². The lowest BCUT2D eigenvalue weighted by molar-refractivity contribution is 0.0840. The number of carbonyl (C=O) groups excluding carboxylic acids is 1. The third-order valence-corrected chi connectivity index (χ3v) is 4.67. The van der Waals surface area contributed by atoms with Crippen molar-refractivity contribution in [2.24, 2.45) is 17.8 Å². The highest BCUT2D eigenvalue weighted by Crippen LogP contribution is 2.35. The van der Waals surface area contributed by atoms with Gasteiger partial charge < -0.3 is 0 Å². The summed E-state index contributed by atoms with van der Waals surface area (Å²) >= 11 is 1.60. The molecular formula is C14H20OS. The van der Waals surface area contributed by atoms with E-state index in [4.69, 9.17) is 0 Å². The average Bonchev–Trinajstić information content (AvgIpc) is 2.62. The van der Waals surface area contributed by atoms with Gasteiger partial charge in [-0.05, 0) is 55.0 Å². The molecule has 2 atom stereocenters. The van der Waals surface area contributed by atoms with E-state index in [-0.39, 0.29) is 5.92 Å². The minimum absolute atomic E-state index is 0.274. The Morgan fingerprint density at radius 1 is 1.25 bits per heavy atom. The van der Waals surface area contributed by atoms with Gasteiger partial charge in [0, 0.05) is 5.92 Å². The number of hydrogen-bond donors (Lipinski definition) is 0. The van der Waals surface area contributed by atoms with E-state index >= 15 is 0 Å². The molecule has 1 fully saturated rings. The van der Waals surface area contributed by atoms with Crippen LogP contribution >= 0.6 is 11.3 Å². The van der Waals surface area contributed by atoms with E-state index in [1.165, 1.54) is 6.42 Å². The summed E-state index contributed by atoms with van der Waals surface area (Å²) in [4.78, 5) is 13.4. The van der Waals surface area contributed by atoms with Gasteiger partial charge in [-0.1, -0.05) is 13.8 Å². The van der Waals surface area contributed by atoms with Crippen molar-refractivity contribution in [1.29, 1.82) is 0 Å². The summed E-state index contributed by atoms with van der Waals surface area (Å²) in [5.41, 5.74) is 1.15. The van der Waals surface area contributed by atoms with Gasteiger partial charge in [-0.2, -0.15) is 0 Å². The van der Waals surface area contributed by atoms with Gasteiger partial charge >= 0.3 is 0 Å². The highest BCUT2D eigenvalue weighted by atomic mass is 32.1. The number of Topliss-reactive ketones (excluding diaryl/α,β-unsaturated/α-hetero) is 1. The van der Waals surface area contributed by atoms with Gasteiger partial charge in [-0.15, -0.1) is 11.3 Å². The maximum Gasteiger partial charge on any atom is 0.176 e. The molecule has 1 nitrogen and oxygen atoms in total. The molecule has 88 valence electrons. The van der Waals surface area contributed by atoms with Crippen LogP contribution in [-0.2, 0) is 0 Å². The third kappa shape index (κ3) is 2.37. The molecule has 16 heavy (non-hydrogen) atoms. The van der Waals surface area contributed by atoms with Gasteiger partial charge in [0.1, 0.15) is 0 Å². The Balaban J connectivity index is 2.13. The van der Waals surface area contributed by atoms with Crippen molar-refractivity contribution in [3.8, 4) is 0 Å². The predicted molar refractivity (Wildman–Crippen MR) is 69.1 cm³/mol. The van der Waals surface area contributed by atoms with Gasteiger partial charge in [0.05, 0.1) is 4.88 Å². The zero-order valence-corrected chi connectivity index (χ0v) is 11.1. The molecule has 0 aliphatic heterocycles. The lowest BCUT2D eigenvalue weighted by Crippen LogP contribution is -2.25. The molecule has 0 amide bonds. The Labute approximate surface area is 102 Å². The van der Waals surface area contributed by atoms with Crippen molar-refractivity contribution < 1.29 is 4.79 Å². The van der Waals surface area contributed by atoms with E-state index in [1.807, 2.05) is 18.4 Å². The van der Waals surface area contributed by atoms with E-state index < -0.39 is 0 Å².